The van der Waals surface area contributed by atoms with Gasteiger partial charge >= 0.3 is 0 Å². The highest BCUT2D eigenvalue weighted by molar-refractivity contribution is 5.85. The average Bonchev–Trinajstić information content (AvgIpc) is 2.40. The maximum atomic E-state index is 6.46. The van der Waals surface area contributed by atoms with Gasteiger partial charge in [-0.2, -0.15) is 0 Å². The van der Waals surface area contributed by atoms with Crippen LogP contribution in [0.2, 0.25) is 0 Å². The van der Waals surface area contributed by atoms with Crippen LogP contribution in [0, 0.1) is 5.92 Å². The van der Waals surface area contributed by atoms with Crippen LogP contribution in [0.1, 0.15) is 31.2 Å². The quantitative estimate of drug-likeness (QED) is 0.910. The van der Waals surface area contributed by atoms with E-state index in [4.69, 9.17) is 5.73 Å². The largest absolute Gasteiger partial charge is 0.326 e. The van der Waals surface area contributed by atoms with Gasteiger partial charge in [-0.1, -0.05) is 37.3 Å². The fourth-order valence-electron chi connectivity index (χ4n) is 3.73. The number of nitrogens with zero attached hydrogens (tertiary/aromatic N) is 1. The highest BCUT2D eigenvalue weighted by Crippen LogP contribution is 2.37. The summed E-state index contributed by atoms with van der Waals surface area (Å²) < 4.78 is 0. The van der Waals surface area contributed by atoms with Gasteiger partial charge in [0.15, 0.2) is 0 Å². The van der Waals surface area contributed by atoms with Gasteiger partial charge in [0.05, 0.1) is 0 Å². The molecule has 3 atom stereocenters. The van der Waals surface area contributed by atoms with Crippen molar-refractivity contribution >= 4 is 24.8 Å². The number of benzene rings is 1. The molecule has 2 bridgehead atoms. The molecule has 3 aliphatic rings. The topological polar surface area (TPSA) is 29.3 Å². The Morgan fingerprint density at radius 2 is 1.68 bits per heavy atom. The second-order valence-electron chi connectivity index (χ2n) is 5.64. The zero-order valence-corrected chi connectivity index (χ0v) is 13.0. The predicted molar refractivity (Wildman–Crippen MR) is 85.4 cm³/mol. The average molecular weight is 303 g/mol. The molecule has 2 N–H and O–H groups in total. The fourth-order valence-corrected chi connectivity index (χ4v) is 3.73. The number of hydrogen-bond donors (Lipinski definition) is 1. The molecule has 0 amide bonds. The zero-order valence-electron chi connectivity index (χ0n) is 11.4. The van der Waals surface area contributed by atoms with Gasteiger partial charge in [0.1, 0.15) is 0 Å². The number of piperidine rings is 3. The number of fused-ring (bicyclic) bond motifs is 3. The van der Waals surface area contributed by atoms with Crippen molar-refractivity contribution in [1.82, 2.24) is 4.90 Å². The van der Waals surface area contributed by atoms with Gasteiger partial charge in [-0.25, -0.2) is 0 Å². The first kappa shape index (κ1) is 16.8. The fraction of sp³-hybridized carbons (Fsp3) is 0.600. The number of hydrogen-bond acceptors (Lipinski definition) is 2. The summed E-state index contributed by atoms with van der Waals surface area (Å²) in [6, 6.07) is 11.7. The van der Waals surface area contributed by atoms with Crippen molar-refractivity contribution < 1.29 is 0 Å². The Balaban J connectivity index is 0.000000902. The Morgan fingerprint density at radius 1 is 1.11 bits per heavy atom. The summed E-state index contributed by atoms with van der Waals surface area (Å²) in [6.45, 7) is 4.83. The monoisotopic (exact) mass is 302 g/mol. The van der Waals surface area contributed by atoms with Gasteiger partial charge in [0.25, 0.3) is 0 Å². The van der Waals surface area contributed by atoms with Crippen LogP contribution in [-0.4, -0.2) is 30.1 Å². The molecule has 1 aromatic rings. The van der Waals surface area contributed by atoms with Crippen molar-refractivity contribution in [3.63, 3.8) is 0 Å². The van der Waals surface area contributed by atoms with Gasteiger partial charge in [0.2, 0.25) is 0 Å². The molecule has 4 heteroatoms. The van der Waals surface area contributed by atoms with Crippen LogP contribution >= 0.6 is 24.8 Å². The third-order valence-electron chi connectivity index (χ3n) is 4.77. The third-order valence-corrected chi connectivity index (χ3v) is 4.77. The first-order chi connectivity index (χ1) is 8.27. The molecule has 1 aromatic carbocycles. The third kappa shape index (κ3) is 3.08. The van der Waals surface area contributed by atoms with Crippen LogP contribution in [0.15, 0.2) is 30.3 Å². The van der Waals surface area contributed by atoms with E-state index in [0.717, 1.165) is 5.92 Å². The summed E-state index contributed by atoms with van der Waals surface area (Å²) >= 11 is 0. The SMILES string of the molecule is CC(c1ccccc1)C1C(N)C2CCN1CC2.Cl.Cl. The van der Waals surface area contributed by atoms with Crippen molar-refractivity contribution in [2.75, 3.05) is 13.1 Å². The summed E-state index contributed by atoms with van der Waals surface area (Å²) in [5.41, 5.74) is 7.89. The smallest absolute Gasteiger partial charge is 0.0315 e. The minimum absolute atomic E-state index is 0. The molecule has 4 rings (SSSR count). The molecule has 0 aromatic heterocycles. The standard InChI is InChI=1S/C15H22N2.2ClH/c1-11(12-5-3-2-4-6-12)15-14(16)13-7-9-17(15)10-8-13;;/h2-6,11,13-15H,7-10,16H2,1H3;2*1H. The van der Waals surface area contributed by atoms with Crippen molar-refractivity contribution in [2.24, 2.45) is 11.7 Å². The van der Waals surface area contributed by atoms with Crippen molar-refractivity contribution in [3.05, 3.63) is 35.9 Å². The second kappa shape index (κ2) is 6.94. The summed E-state index contributed by atoms with van der Waals surface area (Å²) in [5, 5.41) is 0. The number of halogens is 2. The first-order valence-electron chi connectivity index (χ1n) is 6.82. The molecule has 3 saturated heterocycles. The molecule has 0 radical (unpaired) electrons. The lowest BCUT2D eigenvalue weighted by Crippen LogP contribution is -2.62. The summed E-state index contributed by atoms with van der Waals surface area (Å²) in [6.07, 6.45) is 2.61. The van der Waals surface area contributed by atoms with E-state index < -0.39 is 0 Å². The van der Waals surface area contributed by atoms with Crippen LogP contribution in [0.3, 0.4) is 0 Å². The Kier molecular flexibility index (Phi) is 6.13. The van der Waals surface area contributed by atoms with Crippen molar-refractivity contribution in [3.8, 4) is 0 Å². The first-order valence-corrected chi connectivity index (χ1v) is 6.82. The van der Waals surface area contributed by atoms with E-state index >= 15 is 0 Å². The highest BCUT2D eigenvalue weighted by Gasteiger charge is 2.42. The second-order valence-corrected chi connectivity index (χ2v) is 5.64. The molecule has 0 saturated carbocycles. The molecule has 3 aliphatic heterocycles. The lowest BCUT2D eigenvalue weighted by Gasteiger charge is -2.52. The molecule has 0 spiro atoms. The van der Waals surface area contributed by atoms with Gasteiger partial charge in [0, 0.05) is 12.1 Å². The van der Waals surface area contributed by atoms with E-state index in [9.17, 15) is 0 Å². The molecule has 3 fully saturated rings. The van der Waals surface area contributed by atoms with Gasteiger partial charge < -0.3 is 5.73 Å². The van der Waals surface area contributed by atoms with Gasteiger partial charge in [-0.3, -0.25) is 4.90 Å². The molecule has 108 valence electrons. The molecule has 0 aliphatic carbocycles. The zero-order chi connectivity index (χ0) is 11.8. The molecule has 3 heterocycles. The molecule has 19 heavy (non-hydrogen) atoms. The molecule has 2 nitrogen and oxygen atoms in total. The summed E-state index contributed by atoms with van der Waals surface area (Å²) in [5.74, 6) is 1.31. The van der Waals surface area contributed by atoms with Crippen molar-refractivity contribution in [2.45, 2.75) is 37.8 Å². The minimum atomic E-state index is 0. The Hall–Kier alpha value is -0.280. The Labute approximate surface area is 128 Å². The highest BCUT2D eigenvalue weighted by atomic mass is 35.5. The van der Waals surface area contributed by atoms with Gasteiger partial charge in [-0.05, 0) is 43.3 Å². The number of rotatable bonds is 2. The maximum Gasteiger partial charge on any atom is 0.0315 e. The molecular formula is C15H24Cl2N2. The van der Waals surface area contributed by atoms with Crippen LogP contribution in [0.4, 0.5) is 0 Å². The van der Waals surface area contributed by atoms with E-state index in [1.807, 2.05) is 0 Å². The van der Waals surface area contributed by atoms with E-state index in [0.29, 0.717) is 18.0 Å². The lowest BCUT2D eigenvalue weighted by atomic mass is 9.73. The van der Waals surface area contributed by atoms with Crippen LogP contribution in [-0.2, 0) is 0 Å². The minimum Gasteiger partial charge on any atom is -0.326 e. The van der Waals surface area contributed by atoms with Crippen LogP contribution < -0.4 is 5.73 Å². The van der Waals surface area contributed by atoms with Crippen molar-refractivity contribution in [1.29, 1.82) is 0 Å². The van der Waals surface area contributed by atoms with Crippen LogP contribution in [0.5, 0.6) is 0 Å². The molecule has 3 unspecified atom stereocenters. The van der Waals surface area contributed by atoms with Gasteiger partial charge in [-0.15, -0.1) is 24.8 Å². The number of nitrogens with two attached hydrogens (primary N) is 1. The van der Waals surface area contributed by atoms with E-state index in [-0.39, 0.29) is 24.8 Å². The summed E-state index contributed by atoms with van der Waals surface area (Å²) in [7, 11) is 0. The van der Waals surface area contributed by atoms with E-state index in [1.54, 1.807) is 0 Å². The summed E-state index contributed by atoms with van der Waals surface area (Å²) in [4.78, 5) is 2.61. The van der Waals surface area contributed by atoms with E-state index in [1.165, 1.54) is 31.5 Å². The van der Waals surface area contributed by atoms with E-state index in [2.05, 4.69) is 42.2 Å². The Morgan fingerprint density at radius 3 is 2.21 bits per heavy atom. The normalized spacial score (nSPS) is 34.0. The van der Waals surface area contributed by atoms with Crippen LogP contribution in [0.25, 0.3) is 0 Å². The Bertz CT molecular complexity index is 375. The molecular weight excluding hydrogens is 279 g/mol. The maximum absolute atomic E-state index is 6.46. The lowest BCUT2D eigenvalue weighted by molar-refractivity contribution is 0.0171. The predicted octanol–water partition coefficient (Wildman–Crippen LogP) is 3.06.